The number of carbonyl (C=O) groups is 2. The van der Waals surface area contributed by atoms with Crippen LogP contribution in [-0.4, -0.2) is 24.9 Å². The van der Waals surface area contributed by atoms with Gasteiger partial charge in [-0.2, -0.15) is 0 Å². The lowest BCUT2D eigenvalue weighted by Crippen LogP contribution is -2.45. The second-order valence-electron chi connectivity index (χ2n) is 6.52. The molecule has 0 radical (unpaired) electrons. The van der Waals surface area contributed by atoms with E-state index >= 15 is 0 Å². The highest BCUT2D eigenvalue weighted by Crippen LogP contribution is 2.49. The van der Waals surface area contributed by atoms with Crippen molar-refractivity contribution in [3.63, 3.8) is 0 Å². The fourth-order valence-corrected chi connectivity index (χ4v) is 2.94. The van der Waals surface area contributed by atoms with Crippen molar-refractivity contribution in [3.8, 4) is 0 Å². The average Bonchev–Trinajstić information content (AvgIpc) is 3.18. The molecule has 1 aliphatic carbocycles. The van der Waals surface area contributed by atoms with Gasteiger partial charge in [0.2, 0.25) is 11.8 Å². The molecule has 1 saturated carbocycles. The van der Waals surface area contributed by atoms with Crippen molar-refractivity contribution >= 4 is 17.5 Å². The number of nitrogens with one attached hydrogen (secondary N) is 1. The van der Waals surface area contributed by atoms with Crippen molar-refractivity contribution < 1.29 is 9.59 Å². The number of amides is 2. The molecule has 1 aromatic carbocycles. The van der Waals surface area contributed by atoms with Gasteiger partial charge < -0.3 is 10.2 Å². The number of hydrogen-bond acceptors (Lipinski definition) is 2. The SMILES string of the molecule is CC(C)CNC(=O)C1(C(=O)N2CCc3ccccc32)CC1. The lowest BCUT2D eigenvalue weighted by Gasteiger charge is -2.23. The van der Waals surface area contributed by atoms with Gasteiger partial charge in [-0.05, 0) is 36.8 Å². The molecule has 1 aromatic rings. The first-order valence-electron chi connectivity index (χ1n) is 7.73. The number of rotatable bonds is 4. The molecule has 1 heterocycles. The first-order valence-corrected chi connectivity index (χ1v) is 7.73. The van der Waals surface area contributed by atoms with Crippen LogP contribution >= 0.6 is 0 Å². The highest BCUT2D eigenvalue weighted by atomic mass is 16.2. The zero-order valence-electron chi connectivity index (χ0n) is 12.7. The number of nitrogens with zero attached hydrogens (tertiary/aromatic N) is 1. The monoisotopic (exact) mass is 286 g/mol. The van der Waals surface area contributed by atoms with E-state index in [0.717, 1.165) is 12.1 Å². The van der Waals surface area contributed by atoms with Gasteiger partial charge in [0.05, 0.1) is 0 Å². The standard InChI is InChI=1S/C17H22N2O2/c1-12(2)11-18-15(20)17(8-9-17)16(21)19-10-7-13-5-3-4-6-14(13)19/h3-6,12H,7-11H2,1-2H3,(H,18,20). The summed E-state index contributed by atoms with van der Waals surface area (Å²) < 4.78 is 0. The highest BCUT2D eigenvalue weighted by Gasteiger charge is 2.58. The minimum Gasteiger partial charge on any atom is -0.355 e. The Bertz CT molecular complexity index is 576. The first-order chi connectivity index (χ1) is 10.0. The molecule has 0 aromatic heterocycles. The number of benzene rings is 1. The van der Waals surface area contributed by atoms with Crippen molar-refractivity contribution in [2.24, 2.45) is 11.3 Å². The largest absolute Gasteiger partial charge is 0.355 e. The average molecular weight is 286 g/mol. The lowest BCUT2D eigenvalue weighted by molar-refractivity contribution is -0.135. The van der Waals surface area contributed by atoms with Gasteiger partial charge in [-0.15, -0.1) is 0 Å². The summed E-state index contributed by atoms with van der Waals surface area (Å²) in [6.07, 6.45) is 2.23. The molecule has 112 valence electrons. The fraction of sp³-hybridized carbons (Fsp3) is 0.529. The third-order valence-corrected chi connectivity index (χ3v) is 4.40. The third kappa shape index (κ3) is 2.43. The van der Waals surface area contributed by atoms with E-state index in [1.807, 2.05) is 18.2 Å². The Morgan fingerprint density at radius 3 is 2.67 bits per heavy atom. The molecule has 0 unspecified atom stereocenters. The van der Waals surface area contributed by atoms with Gasteiger partial charge in [0.1, 0.15) is 5.41 Å². The van der Waals surface area contributed by atoms with Crippen molar-refractivity contribution in [1.29, 1.82) is 0 Å². The highest BCUT2D eigenvalue weighted by molar-refractivity contribution is 6.14. The first kappa shape index (κ1) is 14.1. The van der Waals surface area contributed by atoms with Gasteiger partial charge in [-0.1, -0.05) is 32.0 Å². The fourth-order valence-electron chi connectivity index (χ4n) is 2.94. The second-order valence-corrected chi connectivity index (χ2v) is 6.52. The molecule has 0 bridgehead atoms. The van der Waals surface area contributed by atoms with E-state index in [4.69, 9.17) is 0 Å². The Hall–Kier alpha value is -1.84. The number of anilines is 1. The van der Waals surface area contributed by atoms with E-state index in [1.54, 1.807) is 4.90 Å². The van der Waals surface area contributed by atoms with Gasteiger partial charge >= 0.3 is 0 Å². The molecule has 0 spiro atoms. The van der Waals surface area contributed by atoms with Gasteiger partial charge in [0.15, 0.2) is 0 Å². The molecule has 2 amide bonds. The van der Waals surface area contributed by atoms with Crippen molar-refractivity contribution in [1.82, 2.24) is 5.32 Å². The maximum absolute atomic E-state index is 12.8. The zero-order valence-corrected chi connectivity index (χ0v) is 12.7. The summed E-state index contributed by atoms with van der Waals surface area (Å²) in [6.45, 7) is 5.43. The summed E-state index contributed by atoms with van der Waals surface area (Å²) in [4.78, 5) is 27.0. The minimum atomic E-state index is -0.799. The molecule has 0 atom stereocenters. The maximum Gasteiger partial charge on any atom is 0.242 e. The third-order valence-electron chi connectivity index (χ3n) is 4.40. The van der Waals surface area contributed by atoms with Crippen LogP contribution in [0.15, 0.2) is 24.3 Å². The van der Waals surface area contributed by atoms with Crippen LogP contribution in [0.4, 0.5) is 5.69 Å². The smallest absolute Gasteiger partial charge is 0.242 e. The van der Waals surface area contributed by atoms with E-state index < -0.39 is 5.41 Å². The van der Waals surface area contributed by atoms with Crippen LogP contribution in [0.1, 0.15) is 32.3 Å². The maximum atomic E-state index is 12.8. The van der Waals surface area contributed by atoms with Crippen molar-refractivity contribution in [2.45, 2.75) is 33.1 Å². The van der Waals surface area contributed by atoms with Crippen LogP contribution in [0.5, 0.6) is 0 Å². The Balaban J connectivity index is 1.75. The number of fused-ring (bicyclic) bond motifs is 1. The van der Waals surface area contributed by atoms with E-state index in [1.165, 1.54) is 5.56 Å². The Morgan fingerprint density at radius 1 is 1.29 bits per heavy atom. The van der Waals surface area contributed by atoms with Crippen LogP contribution in [0.3, 0.4) is 0 Å². The van der Waals surface area contributed by atoms with Crippen LogP contribution in [-0.2, 0) is 16.0 Å². The summed E-state index contributed by atoms with van der Waals surface area (Å²) in [7, 11) is 0. The predicted molar refractivity (Wildman–Crippen MR) is 82.0 cm³/mol. The number of para-hydroxylation sites is 1. The molecule has 4 nitrogen and oxygen atoms in total. The minimum absolute atomic E-state index is 0.0197. The van der Waals surface area contributed by atoms with Crippen molar-refractivity contribution in [2.75, 3.05) is 18.0 Å². The molecule has 1 N–H and O–H groups in total. The molecule has 1 fully saturated rings. The van der Waals surface area contributed by atoms with Crippen LogP contribution < -0.4 is 10.2 Å². The topological polar surface area (TPSA) is 49.4 Å². The number of carbonyl (C=O) groups excluding carboxylic acids is 2. The summed E-state index contributed by atoms with van der Waals surface area (Å²) >= 11 is 0. The van der Waals surface area contributed by atoms with Crippen LogP contribution in [0.25, 0.3) is 0 Å². The second kappa shape index (κ2) is 5.17. The molecule has 1 aliphatic heterocycles. The Kier molecular flexibility index (Phi) is 3.47. The van der Waals surface area contributed by atoms with E-state index in [9.17, 15) is 9.59 Å². The molecule has 21 heavy (non-hydrogen) atoms. The summed E-state index contributed by atoms with van der Waals surface area (Å²) in [5.74, 6) is 0.284. The summed E-state index contributed by atoms with van der Waals surface area (Å²) in [6, 6.07) is 7.97. The van der Waals surface area contributed by atoms with Crippen molar-refractivity contribution in [3.05, 3.63) is 29.8 Å². The van der Waals surface area contributed by atoms with Crippen LogP contribution in [0.2, 0.25) is 0 Å². The van der Waals surface area contributed by atoms with E-state index in [-0.39, 0.29) is 11.8 Å². The summed E-state index contributed by atoms with van der Waals surface area (Å²) in [5.41, 5.74) is 1.38. The van der Waals surface area contributed by atoms with Gasteiger partial charge in [0, 0.05) is 18.8 Å². The summed E-state index contributed by atoms with van der Waals surface area (Å²) in [5, 5.41) is 2.93. The molecule has 4 heteroatoms. The van der Waals surface area contributed by atoms with Gasteiger partial charge in [0.25, 0.3) is 0 Å². The molecular formula is C17H22N2O2. The predicted octanol–water partition coefficient (Wildman–Crippen LogP) is 2.13. The lowest BCUT2D eigenvalue weighted by atomic mass is 10.0. The Morgan fingerprint density at radius 2 is 2.00 bits per heavy atom. The van der Waals surface area contributed by atoms with Crippen LogP contribution in [0, 0.1) is 11.3 Å². The van der Waals surface area contributed by atoms with E-state index in [2.05, 4.69) is 25.2 Å². The van der Waals surface area contributed by atoms with E-state index in [0.29, 0.717) is 31.8 Å². The molecule has 2 aliphatic rings. The Labute approximate surface area is 125 Å². The molecular weight excluding hydrogens is 264 g/mol. The quantitative estimate of drug-likeness (QED) is 0.862. The van der Waals surface area contributed by atoms with Gasteiger partial charge in [-0.3, -0.25) is 9.59 Å². The normalized spacial score (nSPS) is 18.5. The number of hydrogen-bond donors (Lipinski definition) is 1. The van der Waals surface area contributed by atoms with Gasteiger partial charge in [-0.25, -0.2) is 0 Å². The molecule has 3 rings (SSSR count). The zero-order chi connectivity index (χ0) is 15.0. The molecule has 0 saturated heterocycles.